The quantitative estimate of drug-likeness (QED) is 0.629. The molecule has 0 radical (unpaired) electrons. The van der Waals surface area contributed by atoms with Crippen LogP contribution in [0.4, 0.5) is 0 Å². The third kappa shape index (κ3) is 1.69. The minimum atomic E-state index is -0.681. The summed E-state index contributed by atoms with van der Waals surface area (Å²) in [5.74, 6) is -0.681. The summed E-state index contributed by atoms with van der Waals surface area (Å²) in [4.78, 5) is 13.1. The van der Waals surface area contributed by atoms with Crippen molar-refractivity contribution in [1.29, 1.82) is 0 Å². The molecule has 4 heteroatoms. The number of hydrogen-bond donors (Lipinski definition) is 2. The Bertz CT molecular complexity index is 204. The van der Waals surface area contributed by atoms with Gasteiger partial charge in [0.1, 0.15) is 6.04 Å². The van der Waals surface area contributed by atoms with Gasteiger partial charge in [0, 0.05) is 25.7 Å². The molecule has 2 N–H and O–H groups in total. The Morgan fingerprint density at radius 1 is 1.46 bits per heavy atom. The van der Waals surface area contributed by atoms with Crippen LogP contribution >= 0.6 is 0 Å². The van der Waals surface area contributed by atoms with E-state index in [0.717, 1.165) is 13.1 Å². The van der Waals surface area contributed by atoms with Gasteiger partial charge in [0.05, 0.1) is 0 Å². The van der Waals surface area contributed by atoms with E-state index in [-0.39, 0.29) is 6.04 Å². The zero-order chi connectivity index (χ0) is 9.26. The number of carboxylic acids is 1. The van der Waals surface area contributed by atoms with Crippen LogP contribution in [0, 0.1) is 0 Å². The average molecular weight is 184 g/mol. The fraction of sp³-hybridized carbons (Fsp3) is 0.889. The smallest absolute Gasteiger partial charge is 0.322 e. The molecular weight excluding hydrogens is 168 g/mol. The van der Waals surface area contributed by atoms with Gasteiger partial charge in [0.15, 0.2) is 0 Å². The Hall–Kier alpha value is -0.610. The number of aliphatic carboxylic acids is 1. The first-order chi connectivity index (χ1) is 6.29. The minimum Gasteiger partial charge on any atom is -0.480 e. The first-order valence-electron chi connectivity index (χ1n) is 4.98. The summed E-state index contributed by atoms with van der Waals surface area (Å²) in [6.07, 6.45) is 3.63. The summed E-state index contributed by atoms with van der Waals surface area (Å²) in [6, 6.07) is 0.252. The van der Waals surface area contributed by atoms with Crippen LogP contribution < -0.4 is 5.32 Å². The second-order valence-corrected chi connectivity index (χ2v) is 3.88. The van der Waals surface area contributed by atoms with Crippen molar-refractivity contribution in [2.45, 2.75) is 31.3 Å². The first kappa shape index (κ1) is 8.97. The summed E-state index contributed by atoms with van der Waals surface area (Å²) in [7, 11) is 0. The molecule has 1 aliphatic heterocycles. The maximum absolute atomic E-state index is 10.9. The third-order valence-corrected chi connectivity index (χ3v) is 3.11. The summed E-state index contributed by atoms with van der Waals surface area (Å²) < 4.78 is 0. The van der Waals surface area contributed by atoms with Crippen molar-refractivity contribution in [3.8, 4) is 0 Å². The Balaban J connectivity index is 1.99. The van der Waals surface area contributed by atoms with E-state index in [1.54, 1.807) is 0 Å². The van der Waals surface area contributed by atoms with E-state index >= 15 is 0 Å². The Kier molecular flexibility index (Phi) is 2.51. The van der Waals surface area contributed by atoms with Crippen LogP contribution in [0.25, 0.3) is 0 Å². The molecule has 2 fully saturated rings. The Labute approximate surface area is 77.9 Å². The number of nitrogens with zero attached hydrogens (tertiary/aromatic N) is 1. The molecule has 1 saturated heterocycles. The lowest BCUT2D eigenvalue weighted by Gasteiger charge is -2.43. The fourth-order valence-electron chi connectivity index (χ4n) is 2.10. The molecule has 1 saturated carbocycles. The highest BCUT2D eigenvalue weighted by Crippen LogP contribution is 2.26. The highest BCUT2D eigenvalue weighted by Gasteiger charge is 2.35. The van der Waals surface area contributed by atoms with Gasteiger partial charge in [-0.2, -0.15) is 0 Å². The van der Waals surface area contributed by atoms with Crippen molar-refractivity contribution in [2.24, 2.45) is 0 Å². The number of nitrogens with one attached hydrogen (secondary N) is 1. The lowest BCUT2D eigenvalue weighted by Crippen LogP contribution is -2.59. The highest BCUT2D eigenvalue weighted by molar-refractivity contribution is 5.74. The van der Waals surface area contributed by atoms with Gasteiger partial charge in [0.2, 0.25) is 0 Å². The van der Waals surface area contributed by atoms with Crippen molar-refractivity contribution < 1.29 is 9.90 Å². The third-order valence-electron chi connectivity index (χ3n) is 3.11. The van der Waals surface area contributed by atoms with E-state index in [1.165, 1.54) is 19.3 Å². The van der Waals surface area contributed by atoms with Gasteiger partial charge in [-0.1, -0.05) is 6.42 Å². The molecule has 0 aromatic carbocycles. The summed E-state index contributed by atoms with van der Waals surface area (Å²) in [5, 5.41) is 12.1. The molecule has 1 aliphatic carbocycles. The second-order valence-electron chi connectivity index (χ2n) is 3.88. The SMILES string of the molecule is O=C(O)C1CNCCN1C1CCC1. The standard InChI is InChI=1S/C9H16N2O2/c12-9(13)8-6-10-4-5-11(8)7-2-1-3-7/h7-8,10H,1-6H2,(H,12,13). The lowest BCUT2D eigenvalue weighted by molar-refractivity contribution is -0.146. The van der Waals surface area contributed by atoms with Gasteiger partial charge in [-0.3, -0.25) is 9.69 Å². The second kappa shape index (κ2) is 3.64. The molecule has 74 valence electrons. The predicted octanol–water partition coefficient (Wildman–Crippen LogP) is -0.103. The lowest BCUT2D eigenvalue weighted by atomic mass is 9.89. The van der Waals surface area contributed by atoms with E-state index in [1.807, 2.05) is 0 Å². The summed E-state index contributed by atoms with van der Waals surface area (Å²) in [5.41, 5.74) is 0. The summed E-state index contributed by atoms with van der Waals surface area (Å²) >= 11 is 0. The highest BCUT2D eigenvalue weighted by atomic mass is 16.4. The van der Waals surface area contributed by atoms with Crippen LogP contribution in [0.3, 0.4) is 0 Å². The van der Waals surface area contributed by atoms with Gasteiger partial charge in [-0.05, 0) is 12.8 Å². The molecular formula is C9H16N2O2. The normalized spacial score (nSPS) is 31.2. The number of carbonyl (C=O) groups is 1. The molecule has 0 spiro atoms. The zero-order valence-corrected chi connectivity index (χ0v) is 7.70. The molecule has 4 nitrogen and oxygen atoms in total. The van der Waals surface area contributed by atoms with Crippen LogP contribution in [0.15, 0.2) is 0 Å². The van der Waals surface area contributed by atoms with E-state index in [2.05, 4.69) is 10.2 Å². The predicted molar refractivity (Wildman–Crippen MR) is 48.6 cm³/mol. The van der Waals surface area contributed by atoms with E-state index in [0.29, 0.717) is 12.6 Å². The zero-order valence-electron chi connectivity index (χ0n) is 7.70. The van der Waals surface area contributed by atoms with Gasteiger partial charge < -0.3 is 10.4 Å². The van der Waals surface area contributed by atoms with Gasteiger partial charge in [0.25, 0.3) is 0 Å². The first-order valence-corrected chi connectivity index (χ1v) is 4.98. The molecule has 2 rings (SSSR count). The van der Waals surface area contributed by atoms with Crippen molar-refractivity contribution >= 4 is 5.97 Å². The van der Waals surface area contributed by atoms with Crippen LogP contribution in [-0.4, -0.2) is 47.7 Å². The molecule has 0 aromatic rings. The van der Waals surface area contributed by atoms with Gasteiger partial charge in [-0.25, -0.2) is 0 Å². The van der Waals surface area contributed by atoms with Crippen molar-refractivity contribution in [3.63, 3.8) is 0 Å². The maximum Gasteiger partial charge on any atom is 0.322 e. The van der Waals surface area contributed by atoms with E-state index in [4.69, 9.17) is 5.11 Å². The van der Waals surface area contributed by atoms with Crippen molar-refractivity contribution in [3.05, 3.63) is 0 Å². The summed E-state index contributed by atoms with van der Waals surface area (Å²) in [6.45, 7) is 2.42. The van der Waals surface area contributed by atoms with Crippen LogP contribution in [0.1, 0.15) is 19.3 Å². The van der Waals surface area contributed by atoms with Crippen LogP contribution in [-0.2, 0) is 4.79 Å². The molecule has 13 heavy (non-hydrogen) atoms. The fourth-order valence-corrected chi connectivity index (χ4v) is 2.10. The van der Waals surface area contributed by atoms with E-state index < -0.39 is 5.97 Å². The Morgan fingerprint density at radius 3 is 2.77 bits per heavy atom. The molecule has 1 unspecified atom stereocenters. The molecule has 2 aliphatic rings. The molecule has 1 heterocycles. The number of carboxylic acid groups (broad SMARTS) is 1. The van der Waals surface area contributed by atoms with Crippen molar-refractivity contribution in [1.82, 2.24) is 10.2 Å². The Morgan fingerprint density at radius 2 is 2.23 bits per heavy atom. The number of piperazine rings is 1. The van der Waals surface area contributed by atoms with Gasteiger partial charge >= 0.3 is 5.97 Å². The average Bonchev–Trinajstić information content (AvgIpc) is 2.02. The topological polar surface area (TPSA) is 52.6 Å². The number of hydrogen-bond acceptors (Lipinski definition) is 3. The van der Waals surface area contributed by atoms with Crippen LogP contribution in [0.5, 0.6) is 0 Å². The largest absolute Gasteiger partial charge is 0.480 e. The van der Waals surface area contributed by atoms with Crippen LogP contribution in [0.2, 0.25) is 0 Å². The maximum atomic E-state index is 10.9. The molecule has 0 bridgehead atoms. The number of rotatable bonds is 2. The molecule has 0 aromatic heterocycles. The minimum absolute atomic E-state index is 0.293. The monoisotopic (exact) mass is 184 g/mol. The molecule has 0 amide bonds. The van der Waals surface area contributed by atoms with Crippen molar-refractivity contribution in [2.75, 3.05) is 19.6 Å². The van der Waals surface area contributed by atoms with Gasteiger partial charge in [-0.15, -0.1) is 0 Å². The van der Waals surface area contributed by atoms with E-state index in [9.17, 15) is 4.79 Å². The molecule has 1 atom stereocenters.